The summed E-state index contributed by atoms with van der Waals surface area (Å²) in [6.07, 6.45) is 6.05. The average Bonchev–Trinajstić information content (AvgIpc) is 3.30. The highest BCUT2D eigenvalue weighted by Gasteiger charge is 2.42. The molecule has 2 aromatic rings. The molecule has 0 unspecified atom stereocenters. The monoisotopic (exact) mass is 328 g/mol. The van der Waals surface area contributed by atoms with Crippen molar-refractivity contribution < 1.29 is 13.9 Å². The van der Waals surface area contributed by atoms with Crippen LogP contribution in [0.2, 0.25) is 0 Å². The van der Waals surface area contributed by atoms with Crippen molar-refractivity contribution in [1.29, 1.82) is 0 Å². The summed E-state index contributed by atoms with van der Waals surface area (Å²) >= 11 is 0. The maximum atomic E-state index is 12.4. The number of rotatable bonds is 4. The first-order chi connectivity index (χ1) is 11.8. The number of carbonyl (C=O) groups is 1. The van der Waals surface area contributed by atoms with Gasteiger partial charge in [0.05, 0.1) is 19.0 Å². The normalized spacial score (nSPS) is 26.2. The van der Waals surface area contributed by atoms with Crippen molar-refractivity contribution in [2.24, 2.45) is 11.8 Å². The highest BCUT2D eigenvalue weighted by Crippen LogP contribution is 2.34. The maximum absolute atomic E-state index is 12.4. The lowest BCUT2D eigenvalue weighted by Crippen LogP contribution is -2.45. The van der Waals surface area contributed by atoms with Crippen LogP contribution < -0.4 is 5.32 Å². The summed E-state index contributed by atoms with van der Waals surface area (Å²) in [6, 6.07) is 5.25. The number of hydrogen-bond acceptors (Lipinski definition) is 6. The number of fused-ring (bicyclic) bond motifs is 1. The molecule has 0 radical (unpaired) electrons. The van der Waals surface area contributed by atoms with Gasteiger partial charge in [0.25, 0.3) is 5.91 Å². The first-order valence-electron chi connectivity index (χ1n) is 8.26. The molecule has 2 fully saturated rings. The van der Waals surface area contributed by atoms with E-state index in [1.165, 1.54) is 6.26 Å². The first kappa shape index (κ1) is 15.1. The van der Waals surface area contributed by atoms with Crippen LogP contribution in [0, 0.1) is 11.8 Å². The van der Waals surface area contributed by atoms with Crippen LogP contribution in [0.15, 0.2) is 41.3 Å². The van der Waals surface area contributed by atoms with Crippen LogP contribution in [0.1, 0.15) is 17.0 Å². The van der Waals surface area contributed by atoms with E-state index in [1.54, 1.807) is 30.6 Å². The molecule has 126 valence electrons. The van der Waals surface area contributed by atoms with Crippen molar-refractivity contribution in [2.45, 2.75) is 12.5 Å². The van der Waals surface area contributed by atoms with Gasteiger partial charge in [-0.3, -0.25) is 4.79 Å². The fourth-order valence-corrected chi connectivity index (χ4v) is 3.62. The zero-order valence-corrected chi connectivity index (χ0v) is 13.3. The number of hydrogen-bond donors (Lipinski definition) is 1. The fraction of sp³-hybridized carbons (Fsp3) is 0.471. The van der Waals surface area contributed by atoms with E-state index >= 15 is 0 Å². The minimum absolute atomic E-state index is 0.0299. The number of nitrogens with one attached hydrogen (secondary N) is 1. The Morgan fingerprint density at radius 3 is 3.00 bits per heavy atom. The Hall–Kier alpha value is -2.41. The van der Waals surface area contributed by atoms with Crippen LogP contribution in [0.4, 0.5) is 5.95 Å². The zero-order valence-electron chi connectivity index (χ0n) is 13.3. The fourth-order valence-electron chi connectivity index (χ4n) is 3.62. The van der Waals surface area contributed by atoms with E-state index in [-0.39, 0.29) is 12.0 Å². The second-order valence-corrected chi connectivity index (χ2v) is 6.27. The van der Waals surface area contributed by atoms with Crippen molar-refractivity contribution >= 4 is 11.9 Å². The van der Waals surface area contributed by atoms with Crippen LogP contribution in [0.25, 0.3) is 0 Å². The van der Waals surface area contributed by atoms with Crippen LogP contribution in [0.3, 0.4) is 0 Å². The molecule has 4 rings (SSSR count). The number of likely N-dealkylation sites (tertiary alicyclic amines) is 1. The van der Waals surface area contributed by atoms with E-state index in [9.17, 15) is 4.79 Å². The largest absolute Gasteiger partial charge is 0.459 e. The van der Waals surface area contributed by atoms with Crippen LogP contribution in [0.5, 0.6) is 0 Å². The van der Waals surface area contributed by atoms with Crippen molar-refractivity contribution in [3.05, 3.63) is 42.6 Å². The van der Waals surface area contributed by atoms with Crippen LogP contribution >= 0.6 is 0 Å². The molecule has 0 aromatic carbocycles. The molecule has 2 saturated heterocycles. The molecular weight excluding hydrogens is 308 g/mol. The van der Waals surface area contributed by atoms with E-state index in [0.717, 1.165) is 19.5 Å². The highest BCUT2D eigenvalue weighted by atomic mass is 16.5. The van der Waals surface area contributed by atoms with E-state index in [2.05, 4.69) is 15.3 Å². The molecule has 0 bridgehead atoms. The summed E-state index contributed by atoms with van der Waals surface area (Å²) in [4.78, 5) is 22.6. The van der Waals surface area contributed by atoms with Gasteiger partial charge in [-0.2, -0.15) is 0 Å². The molecule has 2 aliphatic heterocycles. The summed E-state index contributed by atoms with van der Waals surface area (Å²) in [5, 5.41) is 3.23. The Morgan fingerprint density at radius 1 is 1.33 bits per heavy atom. The van der Waals surface area contributed by atoms with E-state index < -0.39 is 0 Å². The first-order valence-corrected chi connectivity index (χ1v) is 8.26. The number of piperidine rings is 1. The molecule has 0 spiro atoms. The van der Waals surface area contributed by atoms with E-state index in [1.807, 2.05) is 4.90 Å². The number of nitrogens with zero attached hydrogens (tertiary/aromatic N) is 3. The van der Waals surface area contributed by atoms with E-state index in [0.29, 0.717) is 36.7 Å². The SMILES string of the molecule is O=C(c1ccco1)N1CC[C@@H]2[C@@H](CO[C@H]2CNc2ncccn2)C1. The predicted octanol–water partition coefficient (Wildman–Crippen LogP) is 1.66. The van der Waals surface area contributed by atoms with Gasteiger partial charge in [0.15, 0.2) is 5.76 Å². The van der Waals surface area contributed by atoms with Crippen LogP contribution in [-0.2, 0) is 4.74 Å². The number of furan rings is 1. The van der Waals surface area contributed by atoms with Gasteiger partial charge in [-0.05, 0) is 30.5 Å². The molecule has 2 aliphatic rings. The molecule has 4 heterocycles. The topological polar surface area (TPSA) is 80.5 Å². The lowest BCUT2D eigenvalue weighted by Gasteiger charge is -2.35. The van der Waals surface area contributed by atoms with Crippen molar-refractivity contribution in [3.63, 3.8) is 0 Å². The summed E-state index contributed by atoms with van der Waals surface area (Å²) < 4.78 is 11.2. The number of amides is 1. The number of aromatic nitrogens is 2. The predicted molar refractivity (Wildman–Crippen MR) is 86.5 cm³/mol. The molecule has 0 aliphatic carbocycles. The average molecular weight is 328 g/mol. The molecule has 0 saturated carbocycles. The number of ether oxygens (including phenoxy) is 1. The minimum Gasteiger partial charge on any atom is -0.459 e. The van der Waals surface area contributed by atoms with Gasteiger partial charge in [-0.15, -0.1) is 0 Å². The third-order valence-corrected chi connectivity index (χ3v) is 4.84. The molecule has 24 heavy (non-hydrogen) atoms. The Labute approximate surface area is 140 Å². The smallest absolute Gasteiger partial charge is 0.289 e. The Morgan fingerprint density at radius 2 is 2.21 bits per heavy atom. The van der Waals surface area contributed by atoms with Gasteiger partial charge in [0.1, 0.15) is 0 Å². The quantitative estimate of drug-likeness (QED) is 0.919. The zero-order chi connectivity index (χ0) is 16.4. The molecular formula is C17H20N4O3. The lowest BCUT2D eigenvalue weighted by molar-refractivity contribution is 0.0591. The van der Waals surface area contributed by atoms with Crippen molar-refractivity contribution in [3.8, 4) is 0 Å². The molecule has 3 atom stereocenters. The number of carbonyl (C=O) groups excluding carboxylic acids is 1. The lowest BCUT2D eigenvalue weighted by atomic mass is 9.84. The van der Waals surface area contributed by atoms with Crippen LogP contribution in [-0.4, -0.2) is 53.1 Å². The Kier molecular flexibility index (Phi) is 4.17. The second kappa shape index (κ2) is 6.60. The summed E-state index contributed by atoms with van der Waals surface area (Å²) in [5.74, 6) is 1.84. The van der Waals surface area contributed by atoms with Crippen molar-refractivity contribution in [1.82, 2.24) is 14.9 Å². The maximum Gasteiger partial charge on any atom is 0.289 e. The van der Waals surface area contributed by atoms with Crippen molar-refractivity contribution in [2.75, 3.05) is 31.6 Å². The van der Waals surface area contributed by atoms with Gasteiger partial charge in [0, 0.05) is 37.9 Å². The molecule has 7 nitrogen and oxygen atoms in total. The molecule has 2 aromatic heterocycles. The van der Waals surface area contributed by atoms with Gasteiger partial charge in [-0.1, -0.05) is 0 Å². The summed E-state index contributed by atoms with van der Waals surface area (Å²) in [7, 11) is 0. The van der Waals surface area contributed by atoms with E-state index in [4.69, 9.17) is 9.15 Å². The second-order valence-electron chi connectivity index (χ2n) is 6.27. The third kappa shape index (κ3) is 2.99. The van der Waals surface area contributed by atoms with Gasteiger partial charge < -0.3 is 19.4 Å². The molecule has 1 amide bonds. The third-order valence-electron chi connectivity index (χ3n) is 4.84. The van der Waals surface area contributed by atoms with Gasteiger partial charge >= 0.3 is 0 Å². The van der Waals surface area contributed by atoms with Gasteiger partial charge in [-0.25, -0.2) is 9.97 Å². The highest BCUT2D eigenvalue weighted by molar-refractivity contribution is 5.91. The summed E-state index contributed by atoms with van der Waals surface area (Å²) in [6.45, 7) is 2.84. The summed E-state index contributed by atoms with van der Waals surface area (Å²) in [5.41, 5.74) is 0. The standard InChI is InChI=1S/C17H20N4O3/c22-16(14-3-1-8-23-14)21-7-4-13-12(10-21)11-24-15(13)9-20-17-18-5-2-6-19-17/h1-3,5-6,8,12-13,15H,4,7,9-11H2,(H,18,19,20)/t12-,13-,15+/m1/s1. The Bertz CT molecular complexity index is 676. The minimum atomic E-state index is -0.0299. The molecule has 1 N–H and O–H groups in total. The Balaban J connectivity index is 1.33. The number of anilines is 1. The molecule has 7 heteroatoms. The van der Waals surface area contributed by atoms with Gasteiger partial charge in [0.2, 0.25) is 5.95 Å².